The molecule has 0 saturated carbocycles. The third-order valence-electron chi connectivity index (χ3n) is 3.70. The maximum absolute atomic E-state index is 12.4. The van der Waals surface area contributed by atoms with Gasteiger partial charge in [0.15, 0.2) is 0 Å². The van der Waals surface area contributed by atoms with Crippen LogP contribution in [0.5, 0.6) is 0 Å². The van der Waals surface area contributed by atoms with Gasteiger partial charge in [0.2, 0.25) is 11.8 Å². The lowest BCUT2D eigenvalue weighted by Gasteiger charge is -2.32. The first-order valence-corrected chi connectivity index (χ1v) is 6.66. The monoisotopic (exact) mass is 254 g/mol. The van der Waals surface area contributed by atoms with Crippen molar-refractivity contribution in [1.29, 1.82) is 0 Å². The zero-order valence-corrected chi connectivity index (χ0v) is 10.9. The average molecular weight is 254 g/mol. The highest BCUT2D eigenvalue weighted by molar-refractivity contribution is 5.84. The predicted molar refractivity (Wildman–Crippen MR) is 68.1 cm³/mol. The Bertz CT molecular complexity index is 315. The van der Waals surface area contributed by atoms with Crippen LogP contribution in [0.3, 0.4) is 0 Å². The van der Waals surface area contributed by atoms with Crippen molar-refractivity contribution in [3.05, 3.63) is 0 Å². The van der Waals surface area contributed by atoms with Crippen LogP contribution in [0.4, 0.5) is 0 Å². The van der Waals surface area contributed by atoms with E-state index in [2.05, 4.69) is 10.6 Å². The maximum Gasteiger partial charge on any atom is 0.240 e. The van der Waals surface area contributed by atoms with Crippen molar-refractivity contribution in [1.82, 2.24) is 20.4 Å². The summed E-state index contributed by atoms with van der Waals surface area (Å²) in [5, 5.41) is 5.86. The third kappa shape index (κ3) is 3.00. The molecule has 2 amide bonds. The molecule has 2 aliphatic heterocycles. The molecule has 1 atom stereocenters. The predicted octanol–water partition coefficient (Wildman–Crippen LogP) is -1.37. The number of hydrogen-bond acceptors (Lipinski definition) is 4. The van der Waals surface area contributed by atoms with Crippen molar-refractivity contribution >= 4 is 11.8 Å². The van der Waals surface area contributed by atoms with Crippen molar-refractivity contribution in [2.24, 2.45) is 0 Å². The van der Waals surface area contributed by atoms with Crippen LogP contribution in [0, 0.1) is 0 Å². The molecule has 1 unspecified atom stereocenters. The van der Waals surface area contributed by atoms with Gasteiger partial charge in [0.1, 0.15) is 0 Å². The third-order valence-corrected chi connectivity index (χ3v) is 3.70. The van der Waals surface area contributed by atoms with Crippen molar-refractivity contribution in [2.45, 2.75) is 18.9 Å². The topological polar surface area (TPSA) is 64.7 Å². The molecule has 0 radical (unpaired) electrons. The number of rotatable bonds is 3. The summed E-state index contributed by atoms with van der Waals surface area (Å²) in [6, 6.07) is -0.0969. The first kappa shape index (κ1) is 13.3. The first-order valence-electron chi connectivity index (χ1n) is 6.66. The Kier molecular flexibility index (Phi) is 4.54. The highest BCUT2D eigenvalue weighted by atomic mass is 16.2. The van der Waals surface area contributed by atoms with Gasteiger partial charge in [-0.15, -0.1) is 0 Å². The molecule has 2 saturated heterocycles. The number of piperazine rings is 1. The molecule has 0 aliphatic carbocycles. The quantitative estimate of drug-likeness (QED) is 0.652. The van der Waals surface area contributed by atoms with Gasteiger partial charge in [-0.2, -0.15) is 0 Å². The molecular weight excluding hydrogens is 232 g/mol. The minimum atomic E-state index is -0.0969. The Morgan fingerprint density at radius 2 is 2.00 bits per heavy atom. The Morgan fingerprint density at radius 1 is 1.28 bits per heavy atom. The lowest BCUT2D eigenvalue weighted by Crippen LogP contribution is -2.53. The molecule has 102 valence electrons. The smallest absolute Gasteiger partial charge is 0.240 e. The molecule has 6 heteroatoms. The summed E-state index contributed by atoms with van der Waals surface area (Å²) in [7, 11) is 1.63. The van der Waals surface area contributed by atoms with E-state index in [4.69, 9.17) is 0 Å². The standard InChI is InChI=1S/C12H22N4O2/c1-13-11(17)9-16-6-2-3-10(16)12(18)15-7-4-14-5-8-15/h10,14H,2-9H2,1H3,(H,13,17). The largest absolute Gasteiger partial charge is 0.358 e. The fourth-order valence-corrected chi connectivity index (χ4v) is 2.65. The van der Waals surface area contributed by atoms with Crippen LogP contribution >= 0.6 is 0 Å². The lowest BCUT2D eigenvalue weighted by molar-refractivity contribution is -0.137. The van der Waals surface area contributed by atoms with Gasteiger partial charge >= 0.3 is 0 Å². The summed E-state index contributed by atoms with van der Waals surface area (Å²) in [5.41, 5.74) is 0. The zero-order chi connectivity index (χ0) is 13.0. The first-order chi connectivity index (χ1) is 8.72. The maximum atomic E-state index is 12.4. The highest BCUT2D eigenvalue weighted by Crippen LogP contribution is 2.19. The van der Waals surface area contributed by atoms with Crippen LogP contribution in [0.1, 0.15) is 12.8 Å². The number of nitrogens with one attached hydrogen (secondary N) is 2. The number of likely N-dealkylation sites (N-methyl/N-ethyl adjacent to an activating group) is 1. The van der Waals surface area contributed by atoms with Gasteiger partial charge in [-0.25, -0.2) is 0 Å². The van der Waals surface area contributed by atoms with E-state index < -0.39 is 0 Å². The van der Waals surface area contributed by atoms with Gasteiger partial charge in [0, 0.05) is 33.2 Å². The summed E-state index contributed by atoms with van der Waals surface area (Å²) >= 11 is 0. The number of carbonyl (C=O) groups excluding carboxylic acids is 2. The molecule has 0 spiro atoms. The molecule has 0 bridgehead atoms. The molecule has 0 aromatic heterocycles. The van der Waals surface area contributed by atoms with Crippen LogP contribution in [-0.2, 0) is 9.59 Å². The summed E-state index contributed by atoms with van der Waals surface area (Å²) in [6.07, 6.45) is 1.87. The van der Waals surface area contributed by atoms with E-state index in [1.54, 1.807) is 7.05 Å². The fourth-order valence-electron chi connectivity index (χ4n) is 2.65. The molecule has 0 aromatic rings. The van der Waals surface area contributed by atoms with Gasteiger partial charge in [-0.05, 0) is 19.4 Å². The number of likely N-dealkylation sites (tertiary alicyclic amines) is 1. The van der Waals surface area contributed by atoms with E-state index in [-0.39, 0.29) is 17.9 Å². The second-order valence-corrected chi connectivity index (χ2v) is 4.88. The SMILES string of the molecule is CNC(=O)CN1CCCC1C(=O)N1CCNCC1. The van der Waals surface area contributed by atoms with E-state index in [9.17, 15) is 9.59 Å². The molecule has 2 fully saturated rings. The van der Waals surface area contributed by atoms with E-state index in [0.717, 1.165) is 45.6 Å². The Hall–Kier alpha value is -1.14. The van der Waals surface area contributed by atoms with Crippen molar-refractivity contribution in [3.8, 4) is 0 Å². The lowest BCUT2D eigenvalue weighted by atomic mass is 10.1. The zero-order valence-electron chi connectivity index (χ0n) is 10.9. The number of amides is 2. The summed E-state index contributed by atoms with van der Waals surface area (Å²) in [4.78, 5) is 27.8. The van der Waals surface area contributed by atoms with E-state index in [0.29, 0.717) is 6.54 Å². The molecule has 2 aliphatic rings. The molecule has 6 nitrogen and oxygen atoms in total. The normalized spacial score (nSPS) is 25.2. The second-order valence-electron chi connectivity index (χ2n) is 4.88. The number of hydrogen-bond donors (Lipinski definition) is 2. The fraction of sp³-hybridized carbons (Fsp3) is 0.833. The molecule has 2 rings (SSSR count). The molecule has 2 N–H and O–H groups in total. The Balaban J connectivity index is 1.93. The van der Waals surface area contributed by atoms with Gasteiger partial charge in [-0.3, -0.25) is 14.5 Å². The van der Waals surface area contributed by atoms with Gasteiger partial charge in [0.05, 0.1) is 12.6 Å². The molecule has 18 heavy (non-hydrogen) atoms. The second kappa shape index (κ2) is 6.15. The van der Waals surface area contributed by atoms with Crippen molar-refractivity contribution < 1.29 is 9.59 Å². The average Bonchev–Trinajstić information content (AvgIpc) is 2.86. The van der Waals surface area contributed by atoms with Crippen LogP contribution < -0.4 is 10.6 Å². The van der Waals surface area contributed by atoms with Crippen molar-refractivity contribution in [3.63, 3.8) is 0 Å². The Labute approximate surface area is 108 Å². The summed E-state index contributed by atoms with van der Waals surface area (Å²) in [5.74, 6) is 0.174. The van der Waals surface area contributed by atoms with Gasteiger partial charge < -0.3 is 15.5 Å². The van der Waals surface area contributed by atoms with E-state index in [1.165, 1.54) is 0 Å². The van der Waals surface area contributed by atoms with Gasteiger partial charge in [0.25, 0.3) is 0 Å². The minimum Gasteiger partial charge on any atom is -0.358 e. The van der Waals surface area contributed by atoms with Crippen LogP contribution in [0.15, 0.2) is 0 Å². The van der Waals surface area contributed by atoms with Crippen LogP contribution in [0.2, 0.25) is 0 Å². The number of carbonyl (C=O) groups is 2. The number of nitrogens with zero attached hydrogens (tertiary/aromatic N) is 2. The van der Waals surface area contributed by atoms with Crippen molar-refractivity contribution in [2.75, 3.05) is 46.3 Å². The van der Waals surface area contributed by atoms with Crippen LogP contribution in [0.25, 0.3) is 0 Å². The minimum absolute atomic E-state index is 0.0185. The van der Waals surface area contributed by atoms with E-state index >= 15 is 0 Å². The van der Waals surface area contributed by atoms with E-state index in [1.807, 2.05) is 9.80 Å². The summed E-state index contributed by atoms with van der Waals surface area (Å²) in [6.45, 7) is 4.48. The van der Waals surface area contributed by atoms with Gasteiger partial charge in [-0.1, -0.05) is 0 Å². The molecule has 0 aromatic carbocycles. The summed E-state index contributed by atoms with van der Waals surface area (Å²) < 4.78 is 0. The molecular formula is C12H22N4O2. The Morgan fingerprint density at radius 3 is 2.67 bits per heavy atom. The highest BCUT2D eigenvalue weighted by Gasteiger charge is 2.34. The molecule has 2 heterocycles. The van der Waals surface area contributed by atoms with Crippen LogP contribution in [-0.4, -0.2) is 74.0 Å².